The van der Waals surface area contributed by atoms with E-state index in [4.69, 9.17) is 14.2 Å². The Morgan fingerprint density at radius 3 is 2.00 bits per heavy atom. The summed E-state index contributed by atoms with van der Waals surface area (Å²) >= 11 is 0. The van der Waals surface area contributed by atoms with Gasteiger partial charge in [0.25, 0.3) is 0 Å². The van der Waals surface area contributed by atoms with E-state index in [0.717, 1.165) is 0 Å². The Bertz CT molecular complexity index is 323. The fourth-order valence-electron chi connectivity index (χ4n) is 1.04. The van der Waals surface area contributed by atoms with Gasteiger partial charge >= 0.3 is 17.9 Å². The molecular weight excluding hydrogens is 252 g/mol. The third-order valence-corrected chi connectivity index (χ3v) is 2.05. The van der Waals surface area contributed by atoms with Gasteiger partial charge in [-0.2, -0.15) is 0 Å². The van der Waals surface area contributed by atoms with Gasteiger partial charge in [0.05, 0.1) is 6.42 Å². The molecule has 6 nitrogen and oxygen atoms in total. The molecule has 0 rings (SSSR count). The van der Waals surface area contributed by atoms with Gasteiger partial charge in [0, 0.05) is 12.8 Å². The maximum Gasteiger partial charge on any atom is 0.309 e. The van der Waals surface area contributed by atoms with E-state index in [1.807, 2.05) is 0 Å². The third kappa shape index (κ3) is 8.82. The first-order chi connectivity index (χ1) is 9.03. The summed E-state index contributed by atoms with van der Waals surface area (Å²) in [6.45, 7) is 6.43. The second-order valence-corrected chi connectivity index (χ2v) is 3.68. The number of rotatable bonds is 9. The predicted molar refractivity (Wildman–Crippen MR) is 67.2 cm³/mol. The molecule has 6 heteroatoms. The molecule has 0 amide bonds. The van der Waals surface area contributed by atoms with E-state index >= 15 is 0 Å². The molecule has 19 heavy (non-hydrogen) atoms. The van der Waals surface area contributed by atoms with Gasteiger partial charge in [-0.25, -0.2) is 0 Å². The minimum absolute atomic E-state index is 0.0726. The number of esters is 3. The summed E-state index contributed by atoms with van der Waals surface area (Å²) in [4.78, 5) is 33.4. The third-order valence-electron chi connectivity index (χ3n) is 2.05. The lowest BCUT2D eigenvalue weighted by molar-refractivity contribution is -0.166. The smallest absolute Gasteiger partial charge is 0.309 e. The maximum atomic E-state index is 11.2. The Balaban J connectivity index is 4.24. The van der Waals surface area contributed by atoms with Crippen LogP contribution in [-0.4, -0.2) is 37.2 Å². The van der Waals surface area contributed by atoms with E-state index < -0.39 is 24.0 Å². The minimum atomic E-state index is -0.781. The van der Waals surface area contributed by atoms with E-state index in [-0.39, 0.29) is 32.5 Å². The first-order valence-electron chi connectivity index (χ1n) is 6.15. The topological polar surface area (TPSA) is 78.9 Å². The van der Waals surface area contributed by atoms with Crippen LogP contribution in [0.4, 0.5) is 0 Å². The molecule has 1 atom stereocenters. The average Bonchev–Trinajstić information content (AvgIpc) is 2.41. The average molecular weight is 272 g/mol. The van der Waals surface area contributed by atoms with Gasteiger partial charge in [-0.05, 0) is 0 Å². The Morgan fingerprint density at radius 1 is 1.00 bits per heavy atom. The fraction of sp³-hybridized carbons (Fsp3) is 0.615. The zero-order valence-electron chi connectivity index (χ0n) is 11.3. The van der Waals surface area contributed by atoms with Crippen molar-refractivity contribution in [3.8, 4) is 0 Å². The van der Waals surface area contributed by atoms with Crippen molar-refractivity contribution < 1.29 is 28.6 Å². The van der Waals surface area contributed by atoms with Crippen molar-refractivity contribution in [1.29, 1.82) is 0 Å². The molecule has 0 bridgehead atoms. The Hall–Kier alpha value is -1.85. The van der Waals surface area contributed by atoms with Crippen LogP contribution >= 0.6 is 0 Å². The lowest BCUT2D eigenvalue weighted by Crippen LogP contribution is -2.30. The number of hydrogen-bond acceptors (Lipinski definition) is 6. The highest BCUT2D eigenvalue weighted by atomic mass is 16.6. The Morgan fingerprint density at radius 2 is 1.53 bits per heavy atom. The van der Waals surface area contributed by atoms with Crippen LogP contribution in [0.2, 0.25) is 0 Å². The number of hydrogen-bond donors (Lipinski definition) is 0. The summed E-state index contributed by atoms with van der Waals surface area (Å²) in [7, 11) is 0. The molecule has 0 aromatic rings. The second-order valence-electron chi connectivity index (χ2n) is 3.68. The first kappa shape index (κ1) is 17.2. The van der Waals surface area contributed by atoms with Crippen molar-refractivity contribution in [3.05, 3.63) is 12.7 Å². The van der Waals surface area contributed by atoms with Gasteiger partial charge in [0.1, 0.15) is 13.2 Å². The van der Waals surface area contributed by atoms with Gasteiger partial charge in [0.15, 0.2) is 6.10 Å². The van der Waals surface area contributed by atoms with E-state index in [0.29, 0.717) is 0 Å². The molecular formula is C13H20O6. The van der Waals surface area contributed by atoms with Crippen LogP contribution in [0.5, 0.6) is 0 Å². The van der Waals surface area contributed by atoms with Crippen molar-refractivity contribution in [3.63, 3.8) is 0 Å². The number of ether oxygens (including phenoxy) is 3. The standard InChI is InChI=1S/C13H20O6/c1-4-7-13(16)18-9-10(19-12(15)6-3)8-17-11(14)5-2/h4,10H,1,5-9H2,2-3H3. The monoisotopic (exact) mass is 272 g/mol. The molecule has 0 heterocycles. The Labute approximate surface area is 112 Å². The molecule has 0 saturated carbocycles. The van der Waals surface area contributed by atoms with Gasteiger partial charge in [-0.3, -0.25) is 14.4 Å². The van der Waals surface area contributed by atoms with Crippen molar-refractivity contribution >= 4 is 17.9 Å². The summed E-state index contributed by atoms with van der Waals surface area (Å²) in [5.41, 5.74) is 0. The molecule has 1 unspecified atom stereocenters. The highest BCUT2D eigenvalue weighted by Gasteiger charge is 2.17. The summed E-state index contributed by atoms with van der Waals surface area (Å²) in [5.74, 6) is -1.33. The quantitative estimate of drug-likeness (QED) is 0.358. The molecule has 0 aromatic carbocycles. The van der Waals surface area contributed by atoms with Gasteiger partial charge < -0.3 is 14.2 Å². The highest BCUT2D eigenvalue weighted by molar-refractivity contribution is 5.71. The minimum Gasteiger partial charge on any atom is -0.462 e. The van der Waals surface area contributed by atoms with Crippen LogP contribution in [0.1, 0.15) is 33.1 Å². The molecule has 0 aliphatic carbocycles. The summed E-state index contributed by atoms with van der Waals surface area (Å²) in [5, 5.41) is 0. The van der Waals surface area contributed by atoms with Crippen LogP contribution < -0.4 is 0 Å². The number of carbonyl (C=O) groups is 3. The zero-order chi connectivity index (χ0) is 14.7. The van der Waals surface area contributed by atoms with Crippen molar-refractivity contribution in [2.45, 2.75) is 39.2 Å². The highest BCUT2D eigenvalue weighted by Crippen LogP contribution is 2.01. The molecule has 0 N–H and O–H groups in total. The molecule has 0 spiro atoms. The normalized spacial score (nSPS) is 11.3. The van der Waals surface area contributed by atoms with Crippen LogP contribution in [0.3, 0.4) is 0 Å². The van der Waals surface area contributed by atoms with Crippen molar-refractivity contribution in [2.24, 2.45) is 0 Å². The predicted octanol–water partition coefficient (Wildman–Crippen LogP) is 1.38. The fourth-order valence-corrected chi connectivity index (χ4v) is 1.04. The largest absolute Gasteiger partial charge is 0.462 e. The van der Waals surface area contributed by atoms with E-state index in [9.17, 15) is 14.4 Å². The van der Waals surface area contributed by atoms with Gasteiger partial charge in [-0.1, -0.05) is 19.9 Å². The van der Waals surface area contributed by atoms with Gasteiger partial charge in [-0.15, -0.1) is 6.58 Å². The van der Waals surface area contributed by atoms with Crippen molar-refractivity contribution in [1.82, 2.24) is 0 Å². The molecule has 0 aliphatic rings. The second kappa shape index (κ2) is 10.1. The first-order valence-corrected chi connectivity index (χ1v) is 6.15. The molecule has 0 radical (unpaired) electrons. The van der Waals surface area contributed by atoms with E-state index in [2.05, 4.69) is 6.58 Å². The van der Waals surface area contributed by atoms with Crippen LogP contribution in [0, 0.1) is 0 Å². The zero-order valence-corrected chi connectivity index (χ0v) is 11.3. The van der Waals surface area contributed by atoms with Crippen LogP contribution in [0.15, 0.2) is 12.7 Å². The summed E-state index contributed by atoms with van der Waals surface area (Å²) < 4.78 is 14.7. The molecule has 0 fully saturated rings. The van der Waals surface area contributed by atoms with E-state index in [1.54, 1.807) is 13.8 Å². The lowest BCUT2D eigenvalue weighted by Gasteiger charge is -2.17. The molecule has 0 aliphatic heterocycles. The van der Waals surface area contributed by atoms with Crippen molar-refractivity contribution in [2.75, 3.05) is 13.2 Å². The molecule has 0 aromatic heterocycles. The lowest BCUT2D eigenvalue weighted by atomic mass is 10.3. The van der Waals surface area contributed by atoms with Crippen LogP contribution in [0.25, 0.3) is 0 Å². The summed E-state index contributed by atoms with van der Waals surface area (Å²) in [6, 6.07) is 0. The molecule has 108 valence electrons. The van der Waals surface area contributed by atoms with Gasteiger partial charge in [0.2, 0.25) is 0 Å². The van der Waals surface area contributed by atoms with E-state index in [1.165, 1.54) is 6.08 Å². The molecule has 0 saturated heterocycles. The Kier molecular flexibility index (Phi) is 9.12. The SMILES string of the molecule is C=CCC(=O)OCC(COC(=O)CC)OC(=O)CC. The number of carbonyl (C=O) groups excluding carboxylic acids is 3. The summed E-state index contributed by atoms with van der Waals surface area (Å²) in [6.07, 6.45) is 1.12. The maximum absolute atomic E-state index is 11.2. The van der Waals surface area contributed by atoms with Crippen LogP contribution in [-0.2, 0) is 28.6 Å².